The third-order valence-corrected chi connectivity index (χ3v) is 3.89. The fraction of sp³-hybridized carbons (Fsp3) is 0.600. The zero-order chi connectivity index (χ0) is 12.2. The van der Waals surface area contributed by atoms with Gasteiger partial charge in [-0.15, -0.1) is 5.10 Å². The van der Waals surface area contributed by atoms with Crippen LogP contribution in [-0.4, -0.2) is 67.6 Å². The van der Waals surface area contributed by atoms with Crippen LogP contribution in [0.2, 0.25) is 0 Å². The topological polar surface area (TPSA) is 71.2 Å². The summed E-state index contributed by atoms with van der Waals surface area (Å²) in [7, 11) is 0. The van der Waals surface area contributed by atoms with Crippen LogP contribution in [-0.2, 0) is 0 Å². The Balaban J connectivity index is 1.57. The van der Waals surface area contributed by atoms with Crippen molar-refractivity contribution in [2.24, 2.45) is 0 Å². The third kappa shape index (κ3) is 2.54. The monoisotopic (exact) mass is 265 g/mol. The highest BCUT2D eigenvalue weighted by atomic mass is 32.2. The van der Waals surface area contributed by atoms with Gasteiger partial charge in [-0.25, -0.2) is 0 Å². The largest absolute Gasteiger partial charge is 0.367 e. The number of thioether (sulfide) groups is 1. The lowest BCUT2D eigenvalue weighted by Gasteiger charge is -2.26. The molecule has 1 N–H and O–H groups in total. The molecular weight excluding hydrogens is 250 g/mol. The molecule has 0 atom stereocenters. The van der Waals surface area contributed by atoms with Crippen LogP contribution in [0.5, 0.6) is 0 Å². The van der Waals surface area contributed by atoms with Crippen LogP contribution in [0.4, 0.5) is 5.82 Å². The number of hydrogen-bond acceptors (Lipinski definition) is 7. The summed E-state index contributed by atoms with van der Waals surface area (Å²) in [5.41, 5.74) is 0.661. The molecule has 0 bridgehead atoms. The van der Waals surface area contributed by atoms with Crippen molar-refractivity contribution in [3.63, 3.8) is 0 Å². The lowest BCUT2D eigenvalue weighted by Crippen LogP contribution is -2.36. The summed E-state index contributed by atoms with van der Waals surface area (Å²) < 4.78 is 1.67. The van der Waals surface area contributed by atoms with Gasteiger partial charge >= 0.3 is 0 Å². The molecule has 1 saturated heterocycles. The van der Waals surface area contributed by atoms with Crippen molar-refractivity contribution < 1.29 is 0 Å². The number of tetrazole rings is 1. The van der Waals surface area contributed by atoms with Crippen molar-refractivity contribution in [2.45, 2.75) is 0 Å². The van der Waals surface area contributed by atoms with E-state index in [0.29, 0.717) is 5.65 Å². The first-order chi connectivity index (χ1) is 8.93. The summed E-state index contributed by atoms with van der Waals surface area (Å²) in [5, 5.41) is 14.7. The molecule has 7 nitrogen and oxygen atoms in total. The molecular formula is C10H15N7S. The minimum absolute atomic E-state index is 0.661. The van der Waals surface area contributed by atoms with Crippen LogP contribution >= 0.6 is 11.8 Å². The standard InChI is InChI=1S/C10H15N7S/c1(2-16-3-5-18-6-4-16)12-9-7-11-8-10-13-14-15-17(9)10/h7-8,12H,1-6H2. The number of nitrogens with zero attached hydrogens (tertiary/aromatic N) is 6. The van der Waals surface area contributed by atoms with E-state index in [1.54, 1.807) is 16.9 Å². The molecule has 0 radical (unpaired) electrons. The first-order valence-corrected chi connectivity index (χ1v) is 7.15. The van der Waals surface area contributed by atoms with Gasteiger partial charge in [-0.05, 0) is 10.4 Å². The molecule has 0 spiro atoms. The lowest BCUT2D eigenvalue weighted by molar-refractivity contribution is 0.314. The van der Waals surface area contributed by atoms with E-state index in [4.69, 9.17) is 0 Å². The van der Waals surface area contributed by atoms with E-state index in [-0.39, 0.29) is 0 Å². The fourth-order valence-electron chi connectivity index (χ4n) is 1.96. The lowest BCUT2D eigenvalue weighted by atomic mass is 10.4. The van der Waals surface area contributed by atoms with Crippen molar-refractivity contribution >= 4 is 23.2 Å². The minimum Gasteiger partial charge on any atom is -0.367 e. The van der Waals surface area contributed by atoms with Crippen LogP contribution in [0.25, 0.3) is 5.65 Å². The molecule has 0 aromatic carbocycles. The molecule has 2 aromatic rings. The van der Waals surface area contributed by atoms with Gasteiger partial charge in [0.1, 0.15) is 5.82 Å². The molecule has 1 aliphatic rings. The first-order valence-electron chi connectivity index (χ1n) is 5.99. The van der Waals surface area contributed by atoms with E-state index in [1.165, 1.54) is 24.6 Å². The van der Waals surface area contributed by atoms with Gasteiger partial charge in [-0.1, -0.05) is 0 Å². The van der Waals surface area contributed by atoms with E-state index < -0.39 is 0 Å². The van der Waals surface area contributed by atoms with Crippen LogP contribution in [0, 0.1) is 0 Å². The molecule has 3 heterocycles. The number of aromatic nitrogens is 5. The predicted molar refractivity (Wildman–Crippen MR) is 70.8 cm³/mol. The second-order valence-corrected chi connectivity index (χ2v) is 5.35. The highest BCUT2D eigenvalue weighted by molar-refractivity contribution is 7.99. The van der Waals surface area contributed by atoms with E-state index >= 15 is 0 Å². The normalized spacial score (nSPS) is 17.1. The van der Waals surface area contributed by atoms with Crippen molar-refractivity contribution in [2.75, 3.05) is 43.0 Å². The highest BCUT2D eigenvalue weighted by Crippen LogP contribution is 2.09. The molecule has 0 saturated carbocycles. The van der Waals surface area contributed by atoms with Gasteiger partial charge in [0.2, 0.25) is 0 Å². The Kier molecular flexibility index (Phi) is 3.56. The number of rotatable bonds is 4. The second kappa shape index (κ2) is 5.49. The van der Waals surface area contributed by atoms with E-state index in [9.17, 15) is 0 Å². The van der Waals surface area contributed by atoms with Crippen LogP contribution < -0.4 is 5.32 Å². The maximum absolute atomic E-state index is 4.11. The van der Waals surface area contributed by atoms with Crippen LogP contribution in [0.3, 0.4) is 0 Å². The fourth-order valence-corrected chi connectivity index (χ4v) is 2.94. The van der Waals surface area contributed by atoms with Gasteiger partial charge in [-0.2, -0.15) is 16.3 Å². The number of anilines is 1. The quantitative estimate of drug-likeness (QED) is 0.833. The zero-order valence-electron chi connectivity index (χ0n) is 9.99. The highest BCUT2D eigenvalue weighted by Gasteiger charge is 2.10. The summed E-state index contributed by atoms with van der Waals surface area (Å²) in [6.07, 6.45) is 3.39. The van der Waals surface area contributed by atoms with E-state index in [1.807, 2.05) is 11.8 Å². The maximum Gasteiger partial charge on any atom is 0.199 e. The molecule has 0 amide bonds. The molecule has 1 aliphatic heterocycles. The van der Waals surface area contributed by atoms with Crippen LogP contribution in [0.1, 0.15) is 0 Å². The maximum atomic E-state index is 4.11. The number of fused-ring (bicyclic) bond motifs is 1. The van der Waals surface area contributed by atoms with Gasteiger partial charge in [0, 0.05) is 37.7 Å². The number of hydrogen-bond donors (Lipinski definition) is 1. The summed E-state index contributed by atoms with van der Waals surface area (Å²) in [6, 6.07) is 0. The van der Waals surface area contributed by atoms with Crippen molar-refractivity contribution in [1.82, 2.24) is 29.9 Å². The Hall–Kier alpha value is -1.41. The Morgan fingerprint density at radius 2 is 2.17 bits per heavy atom. The molecule has 8 heteroatoms. The SMILES string of the molecule is c1ncc2nnnn2c1NCCN1CCSCC1. The number of nitrogens with one attached hydrogen (secondary N) is 1. The second-order valence-electron chi connectivity index (χ2n) is 4.12. The minimum atomic E-state index is 0.661. The third-order valence-electron chi connectivity index (χ3n) is 2.95. The molecule has 0 unspecified atom stereocenters. The zero-order valence-corrected chi connectivity index (χ0v) is 10.8. The smallest absolute Gasteiger partial charge is 0.199 e. The Labute approximate surface area is 109 Å². The van der Waals surface area contributed by atoms with Gasteiger partial charge in [0.25, 0.3) is 0 Å². The van der Waals surface area contributed by atoms with Crippen molar-refractivity contribution in [3.8, 4) is 0 Å². The first kappa shape index (κ1) is 11.7. The van der Waals surface area contributed by atoms with Gasteiger partial charge < -0.3 is 5.32 Å². The Morgan fingerprint density at radius 3 is 3.06 bits per heavy atom. The summed E-state index contributed by atoms with van der Waals surface area (Å²) in [4.78, 5) is 6.58. The Morgan fingerprint density at radius 1 is 1.28 bits per heavy atom. The Bertz CT molecular complexity index is 508. The van der Waals surface area contributed by atoms with Crippen LogP contribution in [0.15, 0.2) is 12.4 Å². The van der Waals surface area contributed by atoms with E-state index in [2.05, 4.69) is 30.7 Å². The average Bonchev–Trinajstić information content (AvgIpc) is 2.89. The van der Waals surface area contributed by atoms with Gasteiger partial charge in [0.15, 0.2) is 5.65 Å². The molecule has 3 rings (SSSR count). The summed E-state index contributed by atoms with van der Waals surface area (Å²) in [6.45, 7) is 4.28. The van der Waals surface area contributed by atoms with Crippen molar-refractivity contribution in [3.05, 3.63) is 12.4 Å². The van der Waals surface area contributed by atoms with Gasteiger partial charge in [0.05, 0.1) is 12.4 Å². The molecule has 0 aliphatic carbocycles. The molecule has 2 aromatic heterocycles. The molecule has 18 heavy (non-hydrogen) atoms. The molecule has 1 fully saturated rings. The van der Waals surface area contributed by atoms with Crippen molar-refractivity contribution in [1.29, 1.82) is 0 Å². The molecule has 96 valence electrons. The average molecular weight is 265 g/mol. The summed E-state index contributed by atoms with van der Waals surface area (Å²) >= 11 is 2.03. The van der Waals surface area contributed by atoms with Gasteiger partial charge in [-0.3, -0.25) is 9.88 Å². The van der Waals surface area contributed by atoms with E-state index in [0.717, 1.165) is 18.9 Å². The predicted octanol–water partition coefficient (Wildman–Crippen LogP) is -0.0200. The summed E-state index contributed by atoms with van der Waals surface area (Å²) in [5.74, 6) is 3.32.